The molecule has 0 bridgehead atoms. The number of thioether (sulfide) groups is 1. The summed E-state index contributed by atoms with van der Waals surface area (Å²) in [6, 6.07) is 32.5. The third-order valence-corrected chi connectivity index (χ3v) is 7.53. The van der Waals surface area contributed by atoms with Crippen molar-refractivity contribution >= 4 is 46.6 Å². The van der Waals surface area contributed by atoms with Crippen LogP contribution in [0.15, 0.2) is 112 Å². The highest BCUT2D eigenvalue weighted by atomic mass is 32.2. The predicted octanol–water partition coefficient (Wildman–Crippen LogP) is 8.12. The van der Waals surface area contributed by atoms with Crippen LogP contribution in [0.5, 0.6) is 0 Å². The number of rotatable bonds is 4. The Kier molecular flexibility index (Phi) is 5.93. The first kappa shape index (κ1) is 20.7. The fourth-order valence-electron chi connectivity index (χ4n) is 3.73. The Morgan fingerprint density at radius 3 is 2.12 bits per heavy atom. The highest BCUT2D eigenvalue weighted by Gasteiger charge is 2.28. The van der Waals surface area contributed by atoms with Crippen LogP contribution in [-0.2, 0) is 5.75 Å². The summed E-state index contributed by atoms with van der Waals surface area (Å²) in [6.45, 7) is 2.04. The van der Waals surface area contributed by atoms with Gasteiger partial charge in [-0.15, -0.1) is 11.8 Å². The van der Waals surface area contributed by atoms with Crippen LogP contribution in [0.4, 0.5) is 21.9 Å². The van der Waals surface area contributed by atoms with E-state index in [0.717, 1.165) is 38.2 Å². The number of hydrogen-bond acceptors (Lipinski definition) is 3. The molecule has 32 heavy (non-hydrogen) atoms. The molecule has 0 fully saturated rings. The maximum absolute atomic E-state index is 13.4. The minimum absolute atomic E-state index is 0.153. The molecule has 1 heterocycles. The fraction of sp³-hybridized carbons (Fsp3) is 0.0741. The Labute approximate surface area is 196 Å². The predicted molar refractivity (Wildman–Crippen MR) is 135 cm³/mol. The lowest BCUT2D eigenvalue weighted by molar-refractivity contribution is 0.258. The Morgan fingerprint density at radius 1 is 0.844 bits per heavy atom. The molecular weight excluding hydrogens is 432 g/mol. The van der Waals surface area contributed by atoms with Crippen LogP contribution in [0, 0.1) is 6.92 Å². The molecule has 1 aliphatic rings. The molecule has 0 radical (unpaired) electrons. The minimum Gasteiger partial charge on any atom is -0.307 e. The lowest BCUT2D eigenvalue weighted by Crippen LogP contribution is -2.32. The van der Waals surface area contributed by atoms with Gasteiger partial charge in [-0.3, -0.25) is 4.90 Å². The van der Waals surface area contributed by atoms with E-state index in [0.29, 0.717) is 0 Å². The standard InChI is InChI=1S/C27H22N2OS2/c1-19-17-20(18-31-21-9-3-2-4-10-21)15-16-22(19)28-27(30)29-23-11-5-7-13-25(23)32-26-14-8-6-12-24(26)29/h2-17H,18H2,1H3,(H,28,30). The first-order chi connectivity index (χ1) is 15.7. The number of nitrogens with zero attached hydrogens (tertiary/aromatic N) is 1. The van der Waals surface area contributed by atoms with Gasteiger partial charge < -0.3 is 5.32 Å². The summed E-state index contributed by atoms with van der Waals surface area (Å²) < 4.78 is 0. The number of carbonyl (C=O) groups is 1. The molecule has 4 aromatic rings. The zero-order valence-corrected chi connectivity index (χ0v) is 19.2. The van der Waals surface area contributed by atoms with E-state index in [-0.39, 0.29) is 6.03 Å². The minimum atomic E-state index is -0.153. The summed E-state index contributed by atoms with van der Waals surface area (Å²) in [5.74, 6) is 0.892. The van der Waals surface area contributed by atoms with Crippen molar-refractivity contribution in [1.29, 1.82) is 0 Å². The first-order valence-corrected chi connectivity index (χ1v) is 12.2. The monoisotopic (exact) mass is 454 g/mol. The third kappa shape index (κ3) is 4.27. The van der Waals surface area contributed by atoms with Gasteiger partial charge in [-0.25, -0.2) is 4.79 Å². The average molecular weight is 455 g/mol. The Bertz CT molecular complexity index is 1230. The molecule has 0 saturated heterocycles. The van der Waals surface area contributed by atoms with E-state index in [1.165, 1.54) is 10.5 Å². The summed E-state index contributed by atoms with van der Waals surface area (Å²) in [6.07, 6.45) is 0. The molecule has 0 aromatic heterocycles. The van der Waals surface area contributed by atoms with E-state index in [1.54, 1.807) is 16.7 Å². The molecule has 5 rings (SSSR count). The Morgan fingerprint density at radius 2 is 1.47 bits per heavy atom. The molecule has 1 N–H and O–H groups in total. The SMILES string of the molecule is Cc1cc(CSc2ccccc2)ccc1NC(=O)N1c2ccccc2Sc2ccccc21. The number of urea groups is 1. The molecule has 0 saturated carbocycles. The summed E-state index contributed by atoms with van der Waals surface area (Å²) in [5.41, 5.74) is 4.93. The van der Waals surface area contributed by atoms with Crippen LogP contribution >= 0.6 is 23.5 Å². The highest BCUT2D eigenvalue weighted by Crippen LogP contribution is 2.48. The van der Waals surface area contributed by atoms with E-state index in [1.807, 2.05) is 67.2 Å². The maximum Gasteiger partial charge on any atom is 0.331 e. The van der Waals surface area contributed by atoms with Crippen molar-refractivity contribution in [3.63, 3.8) is 0 Å². The lowest BCUT2D eigenvalue weighted by Gasteiger charge is -2.31. The summed E-state index contributed by atoms with van der Waals surface area (Å²) in [4.78, 5) is 18.6. The number of anilines is 3. The average Bonchev–Trinajstić information content (AvgIpc) is 2.83. The zero-order valence-electron chi connectivity index (χ0n) is 17.6. The lowest BCUT2D eigenvalue weighted by atomic mass is 10.1. The zero-order chi connectivity index (χ0) is 21.9. The maximum atomic E-state index is 13.4. The number of para-hydroxylation sites is 2. The summed E-state index contributed by atoms with van der Waals surface area (Å²) >= 11 is 3.51. The molecule has 0 aliphatic carbocycles. The van der Waals surface area contributed by atoms with Gasteiger partial charge in [0.25, 0.3) is 0 Å². The number of aryl methyl sites for hydroxylation is 1. The Balaban J connectivity index is 1.36. The molecular formula is C27H22N2OS2. The topological polar surface area (TPSA) is 32.3 Å². The molecule has 5 heteroatoms. The van der Waals surface area contributed by atoms with E-state index in [9.17, 15) is 4.79 Å². The smallest absolute Gasteiger partial charge is 0.307 e. The number of hydrogen-bond donors (Lipinski definition) is 1. The number of fused-ring (bicyclic) bond motifs is 2. The molecule has 0 unspecified atom stereocenters. The number of carbonyl (C=O) groups excluding carboxylic acids is 1. The van der Waals surface area contributed by atoms with Gasteiger partial charge in [0.1, 0.15) is 0 Å². The first-order valence-electron chi connectivity index (χ1n) is 10.4. The van der Waals surface area contributed by atoms with Crippen molar-refractivity contribution in [3.05, 3.63) is 108 Å². The van der Waals surface area contributed by atoms with Crippen molar-refractivity contribution in [2.45, 2.75) is 27.4 Å². The van der Waals surface area contributed by atoms with Crippen molar-refractivity contribution < 1.29 is 4.79 Å². The van der Waals surface area contributed by atoms with Gasteiger partial charge in [0.05, 0.1) is 11.4 Å². The second kappa shape index (κ2) is 9.15. The molecule has 4 aromatic carbocycles. The quantitative estimate of drug-likeness (QED) is 0.316. The van der Waals surface area contributed by atoms with Gasteiger partial charge in [0, 0.05) is 26.1 Å². The van der Waals surface area contributed by atoms with Crippen molar-refractivity contribution in [1.82, 2.24) is 0 Å². The molecule has 0 spiro atoms. The molecule has 3 nitrogen and oxygen atoms in total. The summed E-state index contributed by atoms with van der Waals surface area (Å²) in [7, 11) is 0. The second-order valence-corrected chi connectivity index (χ2v) is 9.69. The fourth-order valence-corrected chi connectivity index (χ4v) is 5.65. The Hall–Kier alpha value is -3.15. The highest BCUT2D eigenvalue weighted by molar-refractivity contribution is 7.99. The van der Waals surface area contributed by atoms with Gasteiger partial charge >= 0.3 is 6.03 Å². The van der Waals surface area contributed by atoms with Gasteiger partial charge in [0.15, 0.2) is 0 Å². The van der Waals surface area contributed by atoms with Crippen LogP contribution < -0.4 is 10.2 Å². The number of benzene rings is 4. The second-order valence-electron chi connectivity index (χ2n) is 7.55. The van der Waals surface area contributed by atoms with Gasteiger partial charge in [-0.2, -0.15) is 0 Å². The molecule has 0 atom stereocenters. The van der Waals surface area contributed by atoms with E-state index < -0.39 is 0 Å². The van der Waals surface area contributed by atoms with E-state index >= 15 is 0 Å². The van der Waals surface area contributed by atoms with Crippen LogP contribution in [0.25, 0.3) is 0 Å². The van der Waals surface area contributed by atoms with Gasteiger partial charge in [0.2, 0.25) is 0 Å². The van der Waals surface area contributed by atoms with Crippen LogP contribution in [0.3, 0.4) is 0 Å². The van der Waals surface area contributed by atoms with Crippen molar-refractivity contribution in [3.8, 4) is 0 Å². The van der Waals surface area contributed by atoms with Crippen molar-refractivity contribution in [2.75, 3.05) is 10.2 Å². The summed E-state index contributed by atoms with van der Waals surface area (Å²) in [5, 5.41) is 3.13. The van der Waals surface area contributed by atoms with E-state index in [4.69, 9.17) is 0 Å². The van der Waals surface area contributed by atoms with Crippen molar-refractivity contribution in [2.24, 2.45) is 0 Å². The normalized spacial score (nSPS) is 12.1. The number of amides is 2. The molecule has 1 aliphatic heterocycles. The van der Waals surface area contributed by atoms with Crippen LogP contribution in [0.2, 0.25) is 0 Å². The van der Waals surface area contributed by atoms with Crippen LogP contribution in [-0.4, -0.2) is 6.03 Å². The third-order valence-electron chi connectivity index (χ3n) is 5.32. The van der Waals surface area contributed by atoms with Gasteiger partial charge in [-0.05, 0) is 60.5 Å². The number of nitrogens with one attached hydrogen (secondary N) is 1. The van der Waals surface area contributed by atoms with E-state index in [2.05, 4.69) is 53.8 Å². The van der Waals surface area contributed by atoms with Gasteiger partial charge in [-0.1, -0.05) is 66.4 Å². The van der Waals surface area contributed by atoms with Crippen LogP contribution in [0.1, 0.15) is 11.1 Å². The molecule has 2 amide bonds. The largest absolute Gasteiger partial charge is 0.331 e. The molecule has 158 valence electrons.